The van der Waals surface area contributed by atoms with E-state index in [1.54, 1.807) is 0 Å². The van der Waals surface area contributed by atoms with Crippen molar-refractivity contribution in [3.63, 3.8) is 0 Å². The predicted octanol–water partition coefficient (Wildman–Crippen LogP) is 3.93. The van der Waals surface area contributed by atoms with E-state index in [2.05, 4.69) is 44.0 Å². The monoisotopic (exact) mass is 388 g/mol. The Bertz CT molecular complexity index is 1010. The molecule has 0 saturated carbocycles. The Morgan fingerprint density at radius 2 is 1.72 bits per heavy atom. The van der Waals surface area contributed by atoms with Crippen molar-refractivity contribution in [2.24, 2.45) is 0 Å². The van der Waals surface area contributed by atoms with Gasteiger partial charge < -0.3 is 9.80 Å². The molecule has 1 saturated heterocycles. The average molecular weight is 389 g/mol. The molecule has 1 fully saturated rings. The third kappa shape index (κ3) is 4.10. The summed E-state index contributed by atoms with van der Waals surface area (Å²) in [6, 6.07) is 16.3. The van der Waals surface area contributed by atoms with Gasteiger partial charge in [-0.2, -0.15) is 5.10 Å². The number of aryl methyl sites for hydroxylation is 2. The van der Waals surface area contributed by atoms with Gasteiger partial charge in [0.1, 0.15) is 5.69 Å². The Labute approximate surface area is 172 Å². The molecule has 0 atom stereocenters. The molecule has 0 aliphatic carbocycles. The predicted molar refractivity (Wildman–Crippen MR) is 116 cm³/mol. The number of hydrogen-bond donors (Lipinski definition) is 0. The van der Waals surface area contributed by atoms with Gasteiger partial charge >= 0.3 is 0 Å². The third-order valence-electron chi connectivity index (χ3n) is 5.75. The summed E-state index contributed by atoms with van der Waals surface area (Å²) in [7, 11) is 2.11. The molecule has 0 spiro atoms. The normalized spacial score (nSPS) is 15.3. The molecule has 0 N–H and O–H groups in total. The maximum atomic E-state index is 13.5. The molecule has 1 aromatic heterocycles. The van der Waals surface area contributed by atoms with E-state index in [0.717, 1.165) is 49.5 Å². The van der Waals surface area contributed by atoms with Crippen LogP contribution in [0, 0.1) is 13.8 Å². The maximum absolute atomic E-state index is 13.5. The zero-order valence-corrected chi connectivity index (χ0v) is 17.4. The number of para-hydroxylation sites is 1. The van der Waals surface area contributed by atoms with Crippen LogP contribution in [-0.4, -0.2) is 58.7 Å². The molecule has 1 amide bonds. The van der Waals surface area contributed by atoms with Crippen LogP contribution in [0.15, 0.2) is 54.7 Å². The molecular weight excluding hydrogens is 360 g/mol. The number of carbonyl (C=O) groups is 1. The van der Waals surface area contributed by atoms with Gasteiger partial charge in [0.05, 0.1) is 11.3 Å². The third-order valence-corrected chi connectivity index (χ3v) is 5.75. The topological polar surface area (TPSA) is 41.4 Å². The molecule has 5 nitrogen and oxygen atoms in total. The van der Waals surface area contributed by atoms with Gasteiger partial charge in [-0.05, 0) is 63.2 Å². The van der Waals surface area contributed by atoms with E-state index >= 15 is 0 Å². The van der Waals surface area contributed by atoms with Crippen molar-refractivity contribution < 1.29 is 4.79 Å². The lowest BCUT2D eigenvalue weighted by molar-refractivity contribution is 0.0763. The summed E-state index contributed by atoms with van der Waals surface area (Å²) in [6.45, 7) is 7.65. The molecule has 2 aromatic carbocycles. The number of likely N-dealkylation sites (N-methyl/N-ethyl adjacent to an activating group) is 1. The van der Waals surface area contributed by atoms with Crippen LogP contribution in [0.1, 0.15) is 27.9 Å². The Kier molecular flexibility index (Phi) is 5.49. The van der Waals surface area contributed by atoms with Crippen molar-refractivity contribution in [3.05, 3.63) is 71.4 Å². The van der Waals surface area contributed by atoms with Crippen molar-refractivity contribution in [2.75, 3.05) is 33.2 Å². The Morgan fingerprint density at radius 3 is 2.48 bits per heavy atom. The van der Waals surface area contributed by atoms with Crippen molar-refractivity contribution in [1.29, 1.82) is 0 Å². The summed E-state index contributed by atoms with van der Waals surface area (Å²) >= 11 is 0. The molecular formula is C24H28N4O. The van der Waals surface area contributed by atoms with Gasteiger partial charge in [0.15, 0.2) is 0 Å². The minimum absolute atomic E-state index is 0.0655. The number of aromatic nitrogens is 2. The molecule has 0 bridgehead atoms. The highest BCUT2D eigenvalue weighted by molar-refractivity contribution is 6.00. The highest BCUT2D eigenvalue weighted by Crippen LogP contribution is 2.27. The average Bonchev–Trinajstić information content (AvgIpc) is 3.06. The fourth-order valence-corrected chi connectivity index (χ4v) is 3.77. The molecule has 5 heteroatoms. The quantitative estimate of drug-likeness (QED) is 0.683. The first-order valence-electron chi connectivity index (χ1n) is 10.2. The van der Waals surface area contributed by atoms with Gasteiger partial charge in [-0.15, -0.1) is 0 Å². The van der Waals surface area contributed by atoms with Gasteiger partial charge in [0.25, 0.3) is 5.91 Å². The summed E-state index contributed by atoms with van der Waals surface area (Å²) in [5, 5.41) is 4.83. The smallest absolute Gasteiger partial charge is 0.257 e. The molecule has 150 valence electrons. The molecule has 3 aromatic rings. The van der Waals surface area contributed by atoms with Crippen LogP contribution in [0.2, 0.25) is 0 Å². The van der Waals surface area contributed by atoms with E-state index < -0.39 is 0 Å². The van der Waals surface area contributed by atoms with Crippen LogP contribution < -0.4 is 0 Å². The number of amides is 1. The second-order valence-electron chi connectivity index (χ2n) is 7.92. The number of rotatable bonds is 3. The zero-order chi connectivity index (χ0) is 20.4. The Hall–Kier alpha value is -2.92. The molecule has 1 aliphatic heterocycles. The van der Waals surface area contributed by atoms with Crippen molar-refractivity contribution in [2.45, 2.75) is 20.3 Å². The highest BCUT2D eigenvalue weighted by Gasteiger charge is 2.25. The molecule has 1 aliphatic rings. The highest BCUT2D eigenvalue weighted by atomic mass is 16.2. The first kappa shape index (κ1) is 19.4. The summed E-state index contributed by atoms with van der Waals surface area (Å²) in [4.78, 5) is 17.8. The van der Waals surface area contributed by atoms with E-state index in [1.165, 1.54) is 11.1 Å². The summed E-state index contributed by atoms with van der Waals surface area (Å²) in [5.74, 6) is 0.0655. The second-order valence-corrected chi connectivity index (χ2v) is 7.92. The van der Waals surface area contributed by atoms with Gasteiger partial charge in [-0.1, -0.05) is 30.3 Å². The largest absolute Gasteiger partial charge is 0.337 e. The van der Waals surface area contributed by atoms with Crippen LogP contribution in [-0.2, 0) is 0 Å². The number of benzene rings is 2. The lowest BCUT2D eigenvalue weighted by atomic mass is 10.0. The van der Waals surface area contributed by atoms with Crippen LogP contribution in [0.4, 0.5) is 0 Å². The van der Waals surface area contributed by atoms with Gasteiger partial charge in [-0.3, -0.25) is 4.79 Å². The second kappa shape index (κ2) is 8.21. The summed E-state index contributed by atoms with van der Waals surface area (Å²) < 4.78 is 1.82. The van der Waals surface area contributed by atoms with E-state index in [0.29, 0.717) is 5.56 Å². The van der Waals surface area contributed by atoms with E-state index in [9.17, 15) is 4.79 Å². The SMILES string of the molecule is Cc1ccc(-c2nn(-c3ccccc3)cc2C(=O)N2CCCN(C)CC2)cc1C. The van der Waals surface area contributed by atoms with E-state index in [1.807, 2.05) is 46.1 Å². The van der Waals surface area contributed by atoms with E-state index in [-0.39, 0.29) is 5.91 Å². The van der Waals surface area contributed by atoms with Crippen LogP contribution in [0.25, 0.3) is 16.9 Å². The van der Waals surface area contributed by atoms with Gasteiger partial charge in [-0.25, -0.2) is 4.68 Å². The fraction of sp³-hybridized carbons (Fsp3) is 0.333. The molecule has 0 radical (unpaired) electrons. The lowest BCUT2D eigenvalue weighted by Gasteiger charge is -2.20. The lowest BCUT2D eigenvalue weighted by Crippen LogP contribution is -2.34. The van der Waals surface area contributed by atoms with Gasteiger partial charge in [0, 0.05) is 31.4 Å². The van der Waals surface area contributed by atoms with Crippen molar-refractivity contribution in [1.82, 2.24) is 19.6 Å². The molecule has 2 heterocycles. The summed E-state index contributed by atoms with van der Waals surface area (Å²) in [6.07, 6.45) is 2.88. The molecule has 0 unspecified atom stereocenters. The minimum atomic E-state index is 0.0655. The van der Waals surface area contributed by atoms with Crippen molar-refractivity contribution >= 4 is 5.91 Å². The van der Waals surface area contributed by atoms with Crippen molar-refractivity contribution in [3.8, 4) is 16.9 Å². The zero-order valence-electron chi connectivity index (χ0n) is 17.4. The fourth-order valence-electron chi connectivity index (χ4n) is 3.77. The molecule has 4 rings (SSSR count). The van der Waals surface area contributed by atoms with E-state index in [4.69, 9.17) is 5.10 Å². The van der Waals surface area contributed by atoms with Gasteiger partial charge in [0.2, 0.25) is 0 Å². The Balaban J connectivity index is 1.77. The van der Waals surface area contributed by atoms with Crippen LogP contribution in [0.5, 0.6) is 0 Å². The molecule has 29 heavy (non-hydrogen) atoms. The number of hydrogen-bond acceptors (Lipinski definition) is 3. The standard InChI is InChI=1S/C24H28N4O/c1-18-10-11-20(16-19(18)2)23-22(17-28(25-23)21-8-5-4-6-9-21)24(29)27-13-7-12-26(3)14-15-27/h4-6,8-11,16-17H,7,12-15H2,1-3H3. The first-order chi connectivity index (χ1) is 14.0. The van der Waals surface area contributed by atoms with Crippen LogP contribution in [0.3, 0.4) is 0 Å². The maximum Gasteiger partial charge on any atom is 0.257 e. The first-order valence-corrected chi connectivity index (χ1v) is 10.2. The number of carbonyl (C=O) groups excluding carboxylic acids is 1. The number of nitrogens with zero attached hydrogens (tertiary/aromatic N) is 4. The Morgan fingerprint density at radius 1 is 0.931 bits per heavy atom. The summed E-state index contributed by atoms with van der Waals surface area (Å²) in [5.41, 5.74) is 5.79. The van der Waals surface area contributed by atoms with Crippen LogP contribution >= 0.6 is 0 Å². The minimum Gasteiger partial charge on any atom is -0.337 e.